The molecule has 5 nitrogen and oxygen atoms in total. The third kappa shape index (κ3) is 4.14. The van der Waals surface area contributed by atoms with Crippen LogP contribution in [0.15, 0.2) is 51.7 Å². The number of nitrogens with zero attached hydrogens (tertiary/aromatic N) is 2. The Kier molecular flexibility index (Phi) is 4.63. The lowest BCUT2D eigenvalue weighted by Gasteiger charge is -2.03. The van der Waals surface area contributed by atoms with Gasteiger partial charge in [0.15, 0.2) is 12.4 Å². The molecule has 23 heavy (non-hydrogen) atoms. The number of ether oxygens (including phenoxy) is 1. The zero-order chi connectivity index (χ0) is 16.1. The average molecular weight is 326 g/mol. The SMILES string of the molecule is Cc1nc(COc2ccc(C=CC(=O)c3ccsc3)cc2)no1. The highest BCUT2D eigenvalue weighted by Crippen LogP contribution is 2.15. The summed E-state index contributed by atoms with van der Waals surface area (Å²) < 4.78 is 10.4. The predicted molar refractivity (Wildman–Crippen MR) is 87.5 cm³/mol. The molecule has 0 N–H and O–H groups in total. The van der Waals surface area contributed by atoms with Crippen LogP contribution < -0.4 is 4.74 Å². The molecule has 116 valence electrons. The van der Waals surface area contributed by atoms with Crippen molar-refractivity contribution >= 4 is 23.2 Å². The van der Waals surface area contributed by atoms with Crippen LogP contribution in [0.3, 0.4) is 0 Å². The van der Waals surface area contributed by atoms with Gasteiger partial charge in [-0.3, -0.25) is 4.79 Å². The Hall–Kier alpha value is -2.73. The highest BCUT2D eigenvalue weighted by atomic mass is 32.1. The smallest absolute Gasteiger partial charge is 0.223 e. The fourth-order valence-corrected chi connectivity index (χ4v) is 2.54. The summed E-state index contributed by atoms with van der Waals surface area (Å²) in [6.45, 7) is 1.98. The standard InChI is InChI=1S/C17H14N2O3S/c1-12-18-17(19-22-12)10-21-15-5-2-13(3-6-15)4-7-16(20)14-8-9-23-11-14/h2-9,11H,10H2,1H3. The van der Waals surface area contributed by atoms with Crippen molar-refractivity contribution in [3.05, 3.63) is 70.0 Å². The van der Waals surface area contributed by atoms with Crippen molar-refractivity contribution in [1.82, 2.24) is 10.1 Å². The number of hydrogen-bond acceptors (Lipinski definition) is 6. The lowest BCUT2D eigenvalue weighted by molar-refractivity contribution is 0.104. The second kappa shape index (κ2) is 7.02. The minimum Gasteiger partial charge on any atom is -0.485 e. The summed E-state index contributed by atoms with van der Waals surface area (Å²) in [5.74, 6) is 1.72. The normalized spacial score (nSPS) is 11.0. The zero-order valence-corrected chi connectivity index (χ0v) is 13.2. The molecule has 0 unspecified atom stereocenters. The Balaban J connectivity index is 1.57. The van der Waals surface area contributed by atoms with E-state index in [0.29, 0.717) is 23.0 Å². The monoisotopic (exact) mass is 326 g/mol. The maximum atomic E-state index is 11.9. The highest BCUT2D eigenvalue weighted by molar-refractivity contribution is 7.08. The molecule has 0 saturated heterocycles. The van der Waals surface area contributed by atoms with Gasteiger partial charge in [0.2, 0.25) is 11.7 Å². The highest BCUT2D eigenvalue weighted by Gasteiger charge is 2.03. The summed E-state index contributed by atoms with van der Waals surface area (Å²) in [5, 5.41) is 7.49. The summed E-state index contributed by atoms with van der Waals surface area (Å²) in [5.41, 5.74) is 1.64. The molecule has 6 heteroatoms. The van der Waals surface area contributed by atoms with Gasteiger partial charge in [0.25, 0.3) is 0 Å². The third-order valence-corrected chi connectivity index (χ3v) is 3.73. The first-order valence-corrected chi connectivity index (χ1v) is 7.91. The maximum Gasteiger partial charge on any atom is 0.223 e. The number of carbonyl (C=O) groups is 1. The van der Waals surface area contributed by atoms with Gasteiger partial charge in [0.1, 0.15) is 5.75 Å². The van der Waals surface area contributed by atoms with Gasteiger partial charge in [-0.25, -0.2) is 0 Å². The summed E-state index contributed by atoms with van der Waals surface area (Å²) in [4.78, 5) is 15.9. The molecule has 0 fully saturated rings. The molecular weight excluding hydrogens is 312 g/mol. The number of ketones is 1. The van der Waals surface area contributed by atoms with Crippen LogP contribution in [0.4, 0.5) is 0 Å². The van der Waals surface area contributed by atoms with Crippen molar-refractivity contribution < 1.29 is 14.1 Å². The van der Waals surface area contributed by atoms with Crippen molar-refractivity contribution in [2.45, 2.75) is 13.5 Å². The van der Waals surface area contributed by atoms with Gasteiger partial charge in [-0.2, -0.15) is 16.3 Å². The van der Waals surface area contributed by atoms with Crippen LogP contribution in [0.2, 0.25) is 0 Å². The topological polar surface area (TPSA) is 65.2 Å². The molecule has 0 bridgehead atoms. The minimum absolute atomic E-state index is 0.000877. The van der Waals surface area contributed by atoms with Gasteiger partial charge in [-0.15, -0.1) is 0 Å². The number of aryl methyl sites for hydroxylation is 1. The fraction of sp³-hybridized carbons (Fsp3) is 0.118. The van der Waals surface area contributed by atoms with Crippen LogP contribution >= 0.6 is 11.3 Å². The molecule has 0 aliphatic carbocycles. The Morgan fingerprint density at radius 1 is 1.30 bits per heavy atom. The Bertz CT molecular complexity index is 805. The number of benzene rings is 1. The molecule has 0 radical (unpaired) electrons. The minimum atomic E-state index is -0.000877. The van der Waals surface area contributed by atoms with Gasteiger partial charge in [0.05, 0.1) is 0 Å². The fourth-order valence-electron chi connectivity index (χ4n) is 1.90. The first-order valence-electron chi connectivity index (χ1n) is 6.97. The second-order valence-corrected chi connectivity index (χ2v) is 5.58. The van der Waals surface area contributed by atoms with Gasteiger partial charge < -0.3 is 9.26 Å². The van der Waals surface area contributed by atoms with Crippen LogP contribution in [-0.2, 0) is 6.61 Å². The van der Waals surface area contributed by atoms with Crippen molar-refractivity contribution in [3.8, 4) is 5.75 Å². The average Bonchev–Trinajstić information content (AvgIpc) is 3.23. The number of thiophene rings is 1. The number of rotatable bonds is 6. The lowest BCUT2D eigenvalue weighted by atomic mass is 10.1. The van der Waals surface area contributed by atoms with E-state index in [-0.39, 0.29) is 12.4 Å². The first kappa shape index (κ1) is 15.2. The Labute approximate surface area is 137 Å². The van der Waals surface area contributed by atoms with Gasteiger partial charge in [0, 0.05) is 17.9 Å². The molecule has 2 heterocycles. The van der Waals surface area contributed by atoms with E-state index in [0.717, 1.165) is 5.56 Å². The number of carbonyl (C=O) groups excluding carboxylic acids is 1. The van der Waals surface area contributed by atoms with Gasteiger partial charge >= 0.3 is 0 Å². The van der Waals surface area contributed by atoms with E-state index < -0.39 is 0 Å². The van der Waals surface area contributed by atoms with E-state index in [1.807, 2.05) is 41.1 Å². The van der Waals surface area contributed by atoms with Gasteiger partial charge in [-0.1, -0.05) is 23.4 Å². The molecule has 2 aromatic heterocycles. The zero-order valence-electron chi connectivity index (χ0n) is 12.4. The van der Waals surface area contributed by atoms with E-state index in [9.17, 15) is 4.79 Å². The molecule has 0 atom stereocenters. The molecule has 0 amide bonds. The van der Waals surface area contributed by atoms with Crippen LogP contribution in [0.25, 0.3) is 6.08 Å². The predicted octanol–water partition coefficient (Wildman–Crippen LogP) is 3.91. The molecule has 0 spiro atoms. The largest absolute Gasteiger partial charge is 0.485 e. The van der Waals surface area contributed by atoms with Crippen LogP contribution in [0, 0.1) is 6.92 Å². The molecule has 0 aliphatic rings. The van der Waals surface area contributed by atoms with Crippen LogP contribution in [-0.4, -0.2) is 15.9 Å². The van der Waals surface area contributed by atoms with Crippen molar-refractivity contribution in [1.29, 1.82) is 0 Å². The van der Waals surface area contributed by atoms with Gasteiger partial charge in [-0.05, 0) is 35.2 Å². The van der Waals surface area contributed by atoms with Crippen LogP contribution in [0.5, 0.6) is 5.75 Å². The van der Waals surface area contributed by atoms with E-state index in [1.165, 1.54) is 11.3 Å². The van der Waals surface area contributed by atoms with E-state index >= 15 is 0 Å². The summed E-state index contributed by atoms with van der Waals surface area (Å²) in [7, 11) is 0. The van der Waals surface area contributed by atoms with E-state index in [1.54, 1.807) is 19.1 Å². The van der Waals surface area contributed by atoms with E-state index in [2.05, 4.69) is 10.1 Å². The molecule has 3 aromatic rings. The third-order valence-electron chi connectivity index (χ3n) is 3.05. The summed E-state index contributed by atoms with van der Waals surface area (Å²) >= 11 is 1.51. The molecule has 1 aromatic carbocycles. The lowest BCUT2D eigenvalue weighted by Crippen LogP contribution is -1.97. The maximum absolute atomic E-state index is 11.9. The van der Waals surface area contributed by atoms with Crippen LogP contribution in [0.1, 0.15) is 27.6 Å². The number of allylic oxidation sites excluding steroid dienone is 1. The summed E-state index contributed by atoms with van der Waals surface area (Å²) in [6, 6.07) is 9.25. The summed E-state index contributed by atoms with van der Waals surface area (Å²) in [6.07, 6.45) is 3.35. The second-order valence-electron chi connectivity index (χ2n) is 4.80. The quantitative estimate of drug-likeness (QED) is 0.507. The first-order chi connectivity index (χ1) is 11.2. The molecule has 0 saturated carbocycles. The number of hydrogen-bond donors (Lipinski definition) is 0. The molecule has 0 aliphatic heterocycles. The number of aromatic nitrogens is 2. The van der Waals surface area contributed by atoms with E-state index in [4.69, 9.17) is 9.26 Å². The van der Waals surface area contributed by atoms with Crippen molar-refractivity contribution in [2.24, 2.45) is 0 Å². The van der Waals surface area contributed by atoms with Crippen molar-refractivity contribution in [2.75, 3.05) is 0 Å². The molecule has 3 rings (SSSR count). The van der Waals surface area contributed by atoms with Crippen molar-refractivity contribution in [3.63, 3.8) is 0 Å². The Morgan fingerprint density at radius 2 is 2.13 bits per heavy atom. The molecular formula is C17H14N2O3S. The Morgan fingerprint density at radius 3 is 2.78 bits per heavy atom.